The van der Waals surface area contributed by atoms with E-state index in [0.29, 0.717) is 17.9 Å². The molecular formula is C9H16N2O5S3. The number of hydrogen-bond donors (Lipinski definition) is 0. The highest BCUT2D eigenvalue weighted by Crippen LogP contribution is 2.19. The van der Waals surface area contributed by atoms with Crippen LogP contribution < -0.4 is 4.18 Å². The molecule has 1 rings (SSSR count). The summed E-state index contributed by atoms with van der Waals surface area (Å²) in [6, 6.07) is 1.32. The summed E-state index contributed by atoms with van der Waals surface area (Å²) in [5.74, 6) is 0.100. The molecule has 0 N–H and O–H groups in total. The van der Waals surface area contributed by atoms with E-state index in [9.17, 15) is 16.8 Å². The Morgan fingerprint density at radius 2 is 2.00 bits per heavy atom. The van der Waals surface area contributed by atoms with Crippen molar-refractivity contribution in [3.63, 3.8) is 0 Å². The van der Waals surface area contributed by atoms with Crippen LogP contribution in [-0.2, 0) is 25.9 Å². The van der Waals surface area contributed by atoms with Crippen molar-refractivity contribution in [2.45, 2.75) is 19.1 Å². The Morgan fingerprint density at radius 3 is 2.47 bits per heavy atom. The lowest BCUT2D eigenvalue weighted by molar-refractivity contribution is 0.479. The SMILES string of the molecule is CCCS(=O)(=O)n1nc(OS(C)(=O)=O)cc1CSC. The lowest BCUT2D eigenvalue weighted by atomic mass is 10.5. The topological polar surface area (TPSA) is 95.3 Å². The van der Waals surface area contributed by atoms with Gasteiger partial charge in [0.2, 0.25) is 0 Å². The second-order valence-electron chi connectivity index (χ2n) is 3.85. The molecule has 19 heavy (non-hydrogen) atoms. The zero-order valence-corrected chi connectivity index (χ0v) is 13.3. The second-order valence-corrected chi connectivity index (χ2v) is 8.21. The zero-order valence-electron chi connectivity index (χ0n) is 10.9. The van der Waals surface area contributed by atoms with Crippen LogP contribution in [0.15, 0.2) is 6.07 Å². The predicted molar refractivity (Wildman–Crippen MR) is 74.4 cm³/mol. The average molecular weight is 328 g/mol. The first-order valence-electron chi connectivity index (χ1n) is 5.40. The summed E-state index contributed by atoms with van der Waals surface area (Å²) in [5, 5.41) is 3.72. The lowest BCUT2D eigenvalue weighted by Gasteiger charge is -2.06. The van der Waals surface area contributed by atoms with Crippen LogP contribution in [0.5, 0.6) is 5.88 Å². The van der Waals surface area contributed by atoms with Crippen LogP contribution in [0, 0.1) is 0 Å². The van der Waals surface area contributed by atoms with Crippen LogP contribution in [0.25, 0.3) is 0 Å². The molecule has 0 aliphatic heterocycles. The van der Waals surface area contributed by atoms with Crippen molar-refractivity contribution in [3.8, 4) is 5.88 Å². The van der Waals surface area contributed by atoms with Gasteiger partial charge in [-0.3, -0.25) is 0 Å². The molecule has 0 saturated carbocycles. The highest BCUT2D eigenvalue weighted by molar-refractivity contribution is 7.97. The van der Waals surface area contributed by atoms with Crippen molar-refractivity contribution in [3.05, 3.63) is 11.8 Å². The Bertz CT molecular complexity index is 633. The number of aromatic nitrogens is 2. The minimum atomic E-state index is -3.73. The highest BCUT2D eigenvalue weighted by Gasteiger charge is 2.21. The van der Waals surface area contributed by atoms with Crippen LogP contribution in [0.2, 0.25) is 0 Å². The second kappa shape index (κ2) is 6.14. The van der Waals surface area contributed by atoms with Gasteiger partial charge in [0.25, 0.3) is 15.9 Å². The van der Waals surface area contributed by atoms with Crippen molar-refractivity contribution in [1.29, 1.82) is 0 Å². The van der Waals surface area contributed by atoms with Gasteiger partial charge in [-0.05, 0) is 12.7 Å². The fourth-order valence-corrected chi connectivity index (χ4v) is 3.75. The largest absolute Gasteiger partial charge is 0.360 e. The van der Waals surface area contributed by atoms with Crippen LogP contribution in [-0.4, -0.2) is 44.3 Å². The Kier molecular flexibility index (Phi) is 5.27. The third-order valence-electron chi connectivity index (χ3n) is 1.98. The number of rotatable bonds is 7. The molecule has 1 heterocycles. The van der Waals surface area contributed by atoms with Gasteiger partial charge in [-0.25, -0.2) is 8.42 Å². The Hall–Kier alpha value is -0.740. The molecule has 0 bridgehead atoms. The molecule has 0 atom stereocenters. The summed E-state index contributed by atoms with van der Waals surface area (Å²) < 4.78 is 51.5. The van der Waals surface area contributed by atoms with Gasteiger partial charge in [-0.15, -0.1) is 5.10 Å². The van der Waals surface area contributed by atoms with Gasteiger partial charge in [-0.1, -0.05) is 6.92 Å². The summed E-state index contributed by atoms with van der Waals surface area (Å²) in [5.41, 5.74) is 0.389. The predicted octanol–water partition coefficient (Wildman–Crippen LogP) is 0.672. The molecule has 110 valence electrons. The monoisotopic (exact) mass is 328 g/mol. The molecular weight excluding hydrogens is 312 g/mol. The van der Waals surface area contributed by atoms with Crippen LogP contribution in [0.1, 0.15) is 19.0 Å². The highest BCUT2D eigenvalue weighted by atomic mass is 32.2. The summed E-state index contributed by atoms with van der Waals surface area (Å²) in [6.07, 6.45) is 3.13. The van der Waals surface area contributed by atoms with Crippen LogP contribution >= 0.6 is 11.8 Å². The smallest absolute Gasteiger partial charge is 0.307 e. The van der Waals surface area contributed by atoms with Crippen LogP contribution in [0.4, 0.5) is 0 Å². The third kappa shape index (κ3) is 4.69. The molecule has 0 amide bonds. The summed E-state index contributed by atoms with van der Waals surface area (Å²) in [7, 11) is -7.31. The molecule has 0 radical (unpaired) electrons. The van der Waals surface area contributed by atoms with Crippen molar-refractivity contribution in [1.82, 2.24) is 9.19 Å². The standard InChI is InChI=1S/C9H16N2O5S3/c1-4-5-19(14,15)11-8(7-17-2)6-9(10-11)16-18(3,12)13/h6H,4-5,7H2,1-3H3. The maximum absolute atomic E-state index is 12.0. The van der Waals surface area contributed by atoms with Crippen molar-refractivity contribution in [2.24, 2.45) is 0 Å². The van der Waals surface area contributed by atoms with Gasteiger partial charge >= 0.3 is 10.1 Å². The molecule has 0 aliphatic carbocycles. The van der Waals surface area contributed by atoms with E-state index in [2.05, 4.69) is 9.28 Å². The number of thioether (sulfide) groups is 1. The van der Waals surface area contributed by atoms with E-state index in [1.54, 1.807) is 13.2 Å². The summed E-state index contributed by atoms with van der Waals surface area (Å²) in [6.45, 7) is 1.74. The van der Waals surface area contributed by atoms with Gasteiger partial charge in [-0.2, -0.15) is 24.3 Å². The molecule has 0 aliphatic rings. The van der Waals surface area contributed by atoms with Crippen molar-refractivity contribution < 1.29 is 21.0 Å². The normalized spacial score (nSPS) is 12.6. The Morgan fingerprint density at radius 1 is 1.37 bits per heavy atom. The zero-order chi connectivity index (χ0) is 14.7. The van der Waals surface area contributed by atoms with Gasteiger partial charge in [0, 0.05) is 11.8 Å². The van der Waals surface area contributed by atoms with Gasteiger partial charge < -0.3 is 4.18 Å². The van der Waals surface area contributed by atoms with Crippen molar-refractivity contribution in [2.75, 3.05) is 18.3 Å². The molecule has 10 heteroatoms. The van der Waals surface area contributed by atoms with E-state index in [-0.39, 0.29) is 11.6 Å². The van der Waals surface area contributed by atoms with Gasteiger partial charge in [0.05, 0.1) is 17.7 Å². The maximum atomic E-state index is 12.0. The lowest BCUT2D eigenvalue weighted by Crippen LogP contribution is -2.20. The molecule has 7 nitrogen and oxygen atoms in total. The minimum absolute atomic E-state index is 0.0611. The Labute approximate surface area is 117 Å². The van der Waals surface area contributed by atoms with E-state index in [1.165, 1.54) is 17.8 Å². The van der Waals surface area contributed by atoms with E-state index in [0.717, 1.165) is 10.3 Å². The average Bonchev–Trinajstić information content (AvgIpc) is 2.59. The number of hydrogen-bond acceptors (Lipinski definition) is 7. The Balaban J connectivity index is 3.23. The van der Waals surface area contributed by atoms with Crippen LogP contribution in [0.3, 0.4) is 0 Å². The molecule has 0 saturated heterocycles. The first kappa shape index (κ1) is 16.3. The van der Waals surface area contributed by atoms with Crippen molar-refractivity contribution >= 4 is 31.9 Å². The summed E-state index contributed by atoms with van der Waals surface area (Å²) >= 11 is 1.40. The summed E-state index contributed by atoms with van der Waals surface area (Å²) in [4.78, 5) is 0. The molecule has 0 fully saturated rings. The van der Waals surface area contributed by atoms with Gasteiger partial charge in [0.1, 0.15) is 0 Å². The molecule has 1 aromatic rings. The van der Waals surface area contributed by atoms with Gasteiger partial charge in [0.15, 0.2) is 0 Å². The first-order chi connectivity index (χ1) is 8.69. The fraction of sp³-hybridized carbons (Fsp3) is 0.667. The molecule has 1 aromatic heterocycles. The molecule has 0 aromatic carbocycles. The van der Waals surface area contributed by atoms with E-state index in [4.69, 9.17) is 0 Å². The van der Waals surface area contributed by atoms with E-state index in [1.807, 2.05) is 0 Å². The minimum Gasteiger partial charge on any atom is -0.360 e. The first-order valence-corrected chi connectivity index (χ1v) is 10.2. The maximum Gasteiger partial charge on any atom is 0.307 e. The van der Waals surface area contributed by atoms with E-state index < -0.39 is 20.1 Å². The fourth-order valence-electron chi connectivity index (χ4n) is 1.41. The van der Waals surface area contributed by atoms with E-state index >= 15 is 0 Å². The molecule has 0 unspecified atom stereocenters. The quantitative estimate of drug-likeness (QED) is 0.679. The molecule has 0 spiro atoms. The third-order valence-corrected chi connectivity index (χ3v) is 4.80. The number of nitrogens with zero attached hydrogens (tertiary/aromatic N) is 2.